The van der Waals surface area contributed by atoms with E-state index in [1.165, 1.54) is 42.1 Å². The van der Waals surface area contributed by atoms with Crippen LogP contribution in [0.3, 0.4) is 0 Å². The molecule has 0 saturated heterocycles. The number of aromatic nitrogens is 6. The first kappa shape index (κ1) is 61.1. The second kappa shape index (κ2) is 29.2. The van der Waals surface area contributed by atoms with Crippen LogP contribution in [0.1, 0.15) is 112 Å². The predicted molar refractivity (Wildman–Crippen MR) is 281 cm³/mol. The third kappa shape index (κ3) is 18.2. The van der Waals surface area contributed by atoms with Crippen LogP contribution in [0, 0.1) is 17.5 Å². The molecular weight excluding hydrogens is 1210 g/mol. The Morgan fingerprint density at radius 3 is 1.59 bits per heavy atom. The van der Waals surface area contributed by atoms with Crippen LogP contribution < -0.4 is 15.8 Å². The fourth-order valence-corrected chi connectivity index (χ4v) is 8.56. The average molecular weight is 1280 g/mol. The summed E-state index contributed by atoms with van der Waals surface area (Å²) in [7, 11) is -1.06. The van der Waals surface area contributed by atoms with Crippen molar-refractivity contribution in [3.05, 3.63) is 135 Å². The molecule has 4 atom stereocenters. The molecule has 3 aromatic carbocycles. The van der Waals surface area contributed by atoms with E-state index in [1.807, 2.05) is 47.9 Å². The Morgan fingerprint density at radius 1 is 0.758 bits per heavy atom. The summed E-state index contributed by atoms with van der Waals surface area (Å²) >= 11 is 7.05. The number of hydrogen-bond donors (Lipinski definition) is 3. The van der Waals surface area contributed by atoms with Crippen LogP contribution in [0.15, 0.2) is 100 Å². The van der Waals surface area contributed by atoms with E-state index >= 15 is 0 Å². The third-order valence-corrected chi connectivity index (χ3v) is 13.2. The Balaban J connectivity index is 0.000000487. The van der Waals surface area contributed by atoms with Gasteiger partial charge in [0.15, 0.2) is 0 Å². The molecular formula is C48H69Br2ClF3N9OPbS. The quantitative estimate of drug-likeness (QED) is 0.0991. The van der Waals surface area contributed by atoms with Crippen molar-refractivity contribution in [1.82, 2.24) is 34.1 Å². The fraction of sp³-hybridized carbons (Fsp3) is 0.438. The molecule has 3 aromatic heterocycles. The molecule has 18 heteroatoms. The zero-order chi connectivity index (χ0) is 45.0. The number of nitrogens with two attached hydrogens (primary N) is 1. The summed E-state index contributed by atoms with van der Waals surface area (Å²) in [6.45, 7) is 12.1. The summed E-state index contributed by atoms with van der Waals surface area (Å²) < 4.78 is 61.5. The van der Waals surface area contributed by atoms with Crippen LogP contribution in [-0.2, 0) is 30.2 Å². The molecule has 7 rings (SSSR count). The normalized spacial score (nSPS) is 14.3. The molecule has 0 fully saturated rings. The first-order chi connectivity index (χ1) is 29.5. The SMILES string of the molecule is C.C.C[C@@H](CCCc1c(Br)cnn1-c1ccc(F)cc1)N[S@](=O)C(C)(C)C.C[C@H](N)CCCc1c(Br)cnn1-c1ccc(F)cc1.C[C@H]1CCCc2c(cnn2-c2ccc(F)cc2)N1.Cl.[PbH2]. The van der Waals surface area contributed by atoms with Gasteiger partial charge in [-0.3, -0.25) is 0 Å². The Morgan fingerprint density at radius 2 is 1.17 bits per heavy atom. The number of anilines is 1. The Kier molecular flexibility index (Phi) is 27.1. The van der Waals surface area contributed by atoms with Crippen molar-refractivity contribution in [2.24, 2.45) is 5.73 Å². The number of hydrogen-bond acceptors (Lipinski definition) is 6. The van der Waals surface area contributed by atoms with Crippen LogP contribution >= 0.6 is 44.3 Å². The topological polar surface area (TPSA) is 121 Å². The molecule has 0 aliphatic carbocycles. The molecule has 66 heavy (non-hydrogen) atoms. The summed E-state index contributed by atoms with van der Waals surface area (Å²) in [5, 5.41) is 16.6. The molecule has 2 radical (unpaired) electrons. The van der Waals surface area contributed by atoms with Crippen molar-refractivity contribution in [2.75, 3.05) is 5.32 Å². The van der Waals surface area contributed by atoms with Crippen molar-refractivity contribution in [3.8, 4) is 17.1 Å². The van der Waals surface area contributed by atoms with Gasteiger partial charge in [-0.15, -0.1) is 12.4 Å². The monoisotopic (exact) mass is 1280 g/mol. The maximum absolute atomic E-state index is 13.1. The van der Waals surface area contributed by atoms with Crippen molar-refractivity contribution in [2.45, 2.75) is 137 Å². The van der Waals surface area contributed by atoms with Crippen LogP contribution in [-0.4, -0.2) is 83.7 Å². The van der Waals surface area contributed by atoms with Gasteiger partial charge in [-0.1, -0.05) is 14.9 Å². The first-order valence-corrected chi connectivity index (χ1v) is 23.7. The molecule has 4 N–H and O–H groups in total. The molecule has 4 heterocycles. The van der Waals surface area contributed by atoms with Crippen molar-refractivity contribution >= 4 is 88.2 Å². The predicted octanol–water partition coefficient (Wildman–Crippen LogP) is 11.9. The number of halogens is 6. The summed E-state index contributed by atoms with van der Waals surface area (Å²) in [6.07, 6.45) is 14.2. The Bertz CT molecular complexity index is 2340. The van der Waals surface area contributed by atoms with Gasteiger partial charge in [0.05, 0.1) is 83.1 Å². The number of nitrogens with one attached hydrogen (secondary N) is 2. The van der Waals surface area contributed by atoms with Crippen LogP contribution in [0.4, 0.5) is 18.9 Å². The molecule has 364 valence electrons. The van der Waals surface area contributed by atoms with E-state index in [0.29, 0.717) is 6.04 Å². The Labute approximate surface area is 436 Å². The minimum atomic E-state index is -1.06. The van der Waals surface area contributed by atoms with Gasteiger partial charge in [-0.05, 0) is 204 Å². The van der Waals surface area contributed by atoms with Crippen LogP contribution in [0.5, 0.6) is 0 Å². The van der Waals surface area contributed by atoms with Gasteiger partial charge in [-0.25, -0.2) is 36.1 Å². The van der Waals surface area contributed by atoms with Gasteiger partial charge in [0, 0.05) is 18.1 Å². The summed E-state index contributed by atoms with van der Waals surface area (Å²) in [5.41, 5.74) is 12.8. The molecule has 0 saturated carbocycles. The Hall–Kier alpha value is -2.88. The van der Waals surface area contributed by atoms with Gasteiger partial charge in [0.1, 0.15) is 17.5 Å². The second-order valence-corrected chi connectivity index (χ2v) is 20.4. The van der Waals surface area contributed by atoms with Crippen molar-refractivity contribution in [1.29, 1.82) is 0 Å². The standard InChI is InChI=1S/C18H25BrFN3OS.C14H17BrFN3.C14H16FN3.2CH4.ClH.Pb.2H/c1-13(22-25(24)18(2,3)4)6-5-7-17-16(19)12-21-23(17)15-10-8-14(20)9-11-15;1-10(17)3-2-4-14-13(15)9-18-19(14)12-7-5-11(16)6-8-12;1-10-3-2-4-14-13(17-10)9-16-18(14)12-7-5-11(15)6-8-12;;;;;;/h8-13,22H,5-7H2,1-4H3;5-10H,2-4,17H2,1H3;5-10,17H,2-4H2,1H3;2*1H4;1H;;;/t13-,25+;2*10-;;;;;;/m000....../s1. The van der Waals surface area contributed by atoms with Crippen molar-refractivity contribution < 1.29 is 17.4 Å². The average Bonchev–Trinajstić information content (AvgIpc) is 3.87. The zero-order valence-electron chi connectivity index (χ0n) is 37.3. The van der Waals surface area contributed by atoms with E-state index in [9.17, 15) is 17.4 Å². The maximum atomic E-state index is 13.1. The number of rotatable bonds is 13. The minimum absolute atomic E-state index is 0. The molecule has 0 amide bonds. The summed E-state index contributed by atoms with van der Waals surface area (Å²) in [5.74, 6) is -0.722. The second-order valence-electron chi connectivity index (χ2n) is 16.6. The van der Waals surface area contributed by atoms with Gasteiger partial charge in [0.25, 0.3) is 0 Å². The van der Waals surface area contributed by atoms with Crippen molar-refractivity contribution in [3.63, 3.8) is 0 Å². The molecule has 6 aromatic rings. The zero-order valence-corrected chi connectivity index (χ0v) is 47.6. The third-order valence-electron chi connectivity index (χ3n) is 10.2. The summed E-state index contributed by atoms with van der Waals surface area (Å²) in [6, 6.07) is 20.0. The first-order valence-electron chi connectivity index (χ1n) is 21.0. The van der Waals surface area contributed by atoms with Crippen LogP contribution in [0.25, 0.3) is 17.1 Å². The number of benzene rings is 3. The summed E-state index contributed by atoms with van der Waals surface area (Å²) in [4.78, 5) is 0. The van der Waals surface area contributed by atoms with E-state index in [4.69, 9.17) is 5.73 Å². The number of fused-ring (bicyclic) bond motifs is 1. The van der Waals surface area contributed by atoms with E-state index in [1.54, 1.807) is 48.8 Å². The van der Waals surface area contributed by atoms with Gasteiger partial charge < -0.3 is 11.1 Å². The molecule has 0 bridgehead atoms. The molecule has 1 aliphatic rings. The van der Waals surface area contributed by atoms with Gasteiger partial charge in [-0.2, -0.15) is 15.3 Å². The molecule has 0 unspecified atom stereocenters. The van der Waals surface area contributed by atoms with E-state index in [2.05, 4.69) is 71.0 Å². The number of nitrogens with zero attached hydrogens (tertiary/aromatic N) is 6. The molecule has 0 spiro atoms. The van der Waals surface area contributed by atoms with E-state index < -0.39 is 11.0 Å². The van der Waals surface area contributed by atoms with E-state index in [-0.39, 0.29) is 88.8 Å². The van der Waals surface area contributed by atoms with Gasteiger partial charge in [0.2, 0.25) is 0 Å². The van der Waals surface area contributed by atoms with Gasteiger partial charge >= 0.3 is 27.3 Å². The fourth-order valence-electron chi connectivity index (χ4n) is 6.81. The molecule has 1 aliphatic heterocycles. The van der Waals surface area contributed by atoms with E-state index in [0.717, 1.165) is 101 Å². The molecule has 10 nitrogen and oxygen atoms in total. The van der Waals surface area contributed by atoms with Crippen LogP contribution in [0.2, 0.25) is 0 Å².